The molecule has 1 aliphatic rings. The van der Waals surface area contributed by atoms with Gasteiger partial charge in [0.05, 0.1) is 6.73 Å². The monoisotopic (exact) mass is 573 g/mol. The lowest BCUT2D eigenvalue weighted by atomic mass is 9.74. The average molecular weight is 574 g/mol. The molecule has 0 spiro atoms. The van der Waals surface area contributed by atoms with Crippen molar-refractivity contribution in [2.45, 2.75) is 133 Å². The van der Waals surface area contributed by atoms with Gasteiger partial charge in [0.2, 0.25) is 0 Å². The molecule has 1 fully saturated rings. The fraction of sp³-hybridized carbons (Fsp3) is 1.00. The summed E-state index contributed by atoms with van der Waals surface area (Å²) >= 11 is 0. The summed E-state index contributed by atoms with van der Waals surface area (Å²) in [5.41, 5.74) is 0. The van der Waals surface area contributed by atoms with Crippen LogP contribution in [-0.2, 0) is 9.23 Å². The second kappa shape index (κ2) is 9.81. The van der Waals surface area contributed by atoms with E-state index in [0.29, 0.717) is 4.18 Å². The second-order valence-electron chi connectivity index (χ2n) is 17.1. The normalized spacial score (nSPS) is 19.1. The number of hydrogen-bond donors (Lipinski definition) is 0. The van der Waals surface area contributed by atoms with E-state index in [1.807, 2.05) is 0 Å². The van der Waals surface area contributed by atoms with Crippen LogP contribution in [0, 0.1) is 0 Å². The van der Waals surface area contributed by atoms with Crippen LogP contribution < -0.4 is 0 Å². The molecule has 0 amide bonds. The van der Waals surface area contributed by atoms with Crippen molar-refractivity contribution in [2.75, 3.05) is 13.3 Å². The second-order valence-corrected chi connectivity index (χ2v) is 51.9. The maximum atomic E-state index is 7.69. The Morgan fingerprint density at radius 1 is 0.559 bits per heavy atom. The first kappa shape index (κ1) is 33.3. The standard InChI is InChI=1S/C23H61B2NO2Si6/c1-20-26-21-27-25(23(32(11,12)13,33(14,15)16)34(17,18)19)28-24(26)22(29(2,3)4,30(5,6)7)31(8,9)10/h20-21H2,1-19H3. The minimum Gasteiger partial charge on any atom is -0.462 e. The molecule has 0 N–H and O–H groups in total. The Kier molecular flexibility index (Phi) is 9.62. The van der Waals surface area contributed by atoms with Crippen LogP contribution in [0.4, 0.5) is 0 Å². The summed E-state index contributed by atoms with van der Waals surface area (Å²) in [7, 11) is -9.80. The van der Waals surface area contributed by atoms with Crippen LogP contribution in [0.5, 0.6) is 0 Å². The van der Waals surface area contributed by atoms with Crippen LogP contribution >= 0.6 is 0 Å². The summed E-state index contributed by atoms with van der Waals surface area (Å²) in [5.74, 6) is 0. The molecule has 0 aromatic rings. The lowest BCUT2D eigenvalue weighted by Crippen LogP contribution is -2.81. The third-order valence-corrected chi connectivity index (χ3v) is 51.8. The molecule has 1 saturated heterocycles. The Bertz CT molecular complexity index is 640. The van der Waals surface area contributed by atoms with Crippen LogP contribution in [-0.4, -0.2) is 80.7 Å². The van der Waals surface area contributed by atoms with Gasteiger partial charge in [-0.15, -0.1) is 0 Å². The predicted molar refractivity (Wildman–Crippen MR) is 176 cm³/mol. The first-order chi connectivity index (χ1) is 14.7. The van der Waals surface area contributed by atoms with Crippen molar-refractivity contribution in [1.82, 2.24) is 4.81 Å². The highest BCUT2D eigenvalue weighted by Crippen LogP contribution is 2.60. The topological polar surface area (TPSA) is 21.7 Å². The molecule has 1 heterocycles. The van der Waals surface area contributed by atoms with E-state index in [4.69, 9.17) is 9.23 Å². The summed E-state index contributed by atoms with van der Waals surface area (Å²) in [6.07, 6.45) is 0. The maximum Gasteiger partial charge on any atom is 0.441 e. The Balaban J connectivity index is 4.06. The first-order valence-corrected chi connectivity index (χ1v) is 34.7. The van der Waals surface area contributed by atoms with Crippen molar-refractivity contribution < 1.29 is 9.23 Å². The highest BCUT2D eigenvalue weighted by molar-refractivity contribution is 7.27. The van der Waals surface area contributed by atoms with E-state index in [1.54, 1.807) is 0 Å². The van der Waals surface area contributed by atoms with E-state index in [-0.39, 0.29) is 18.4 Å². The summed E-state index contributed by atoms with van der Waals surface area (Å²) in [5, 5.41) is 0. The van der Waals surface area contributed by atoms with Gasteiger partial charge >= 0.3 is 14.2 Å². The Morgan fingerprint density at radius 3 is 1.09 bits per heavy atom. The molecular formula is C23H61B2NO2Si6. The molecule has 0 unspecified atom stereocenters. The highest BCUT2D eigenvalue weighted by atomic mass is 28.5. The fourth-order valence-electron chi connectivity index (χ4n) is 10.3. The van der Waals surface area contributed by atoms with Crippen LogP contribution in [0.15, 0.2) is 0 Å². The SMILES string of the molecule is CCN1COB(C([Si](C)(C)C)([Si](C)(C)C)[Si](C)(C)C)OB1C([Si](C)(C)C)([Si](C)(C)C)[Si](C)(C)C. The molecule has 11 heteroatoms. The highest BCUT2D eigenvalue weighted by Gasteiger charge is 2.73. The molecule has 1 aliphatic heterocycles. The van der Waals surface area contributed by atoms with Crippen LogP contribution in [0.1, 0.15) is 6.92 Å². The summed E-state index contributed by atoms with van der Waals surface area (Å²) < 4.78 is 15.2. The largest absolute Gasteiger partial charge is 0.462 e. The van der Waals surface area contributed by atoms with E-state index >= 15 is 0 Å². The van der Waals surface area contributed by atoms with Gasteiger partial charge in [-0.25, -0.2) is 0 Å². The molecule has 34 heavy (non-hydrogen) atoms. The molecule has 0 bridgehead atoms. The van der Waals surface area contributed by atoms with Crippen LogP contribution in [0.2, 0.25) is 126 Å². The molecule has 0 saturated carbocycles. The molecule has 0 aromatic heterocycles. The van der Waals surface area contributed by atoms with Crippen molar-refractivity contribution >= 4 is 62.6 Å². The number of hydrogen-bond acceptors (Lipinski definition) is 3. The molecule has 0 radical (unpaired) electrons. The van der Waals surface area contributed by atoms with Gasteiger partial charge in [-0.2, -0.15) is 0 Å². The molecule has 0 aliphatic carbocycles. The predicted octanol–water partition coefficient (Wildman–Crippen LogP) is 8.03. The van der Waals surface area contributed by atoms with E-state index in [0.717, 1.165) is 13.3 Å². The van der Waals surface area contributed by atoms with Gasteiger partial charge in [0.15, 0.2) is 0 Å². The third-order valence-electron chi connectivity index (χ3n) is 9.20. The molecule has 0 atom stereocenters. The maximum absolute atomic E-state index is 7.69. The van der Waals surface area contributed by atoms with E-state index in [2.05, 4.69) is 130 Å². The molecule has 0 aromatic carbocycles. The Morgan fingerprint density at radius 2 is 0.853 bits per heavy atom. The van der Waals surface area contributed by atoms with Gasteiger partial charge in [-0.05, 0) is 14.9 Å². The molecule has 3 nitrogen and oxygen atoms in total. The van der Waals surface area contributed by atoms with Crippen molar-refractivity contribution in [3.05, 3.63) is 0 Å². The van der Waals surface area contributed by atoms with Gasteiger partial charge < -0.3 is 9.23 Å². The zero-order valence-corrected chi connectivity index (χ0v) is 32.8. The van der Waals surface area contributed by atoms with Crippen LogP contribution in [0.3, 0.4) is 0 Å². The van der Waals surface area contributed by atoms with Gasteiger partial charge in [-0.3, -0.25) is 4.81 Å². The van der Waals surface area contributed by atoms with Gasteiger partial charge in [-0.1, -0.05) is 125 Å². The Labute approximate surface area is 222 Å². The first-order valence-electron chi connectivity index (χ1n) is 13.7. The fourth-order valence-corrected chi connectivity index (χ4v) is 69.8. The van der Waals surface area contributed by atoms with Gasteiger partial charge in [0, 0.05) is 48.4 Å². The quantitative estimate of drug-likeness (QED) is 0.261. The van der Waals surface area contributed by atoms with Crippen molar-refractivity contribution in [3.63, 3.8) is 0 Å². The van der Waals surface area contributed by atoms with Gasteiger partial charge in [0.1, 0.15) is 0 Å². The van der Waals surface area contributed by atoms with Gasteiger partial charge in [0.25, 0.3) is 0 Å². The minimum absolute atomic E-state index is 0.0614. The van der Waals surface area contributed by atoms with Crippen LogP contribution in [0.25, 0.3) is 0 Å². The molecular weight excluding hydrogens is 512 g/mol. The lowest BCUT2D eigenvalue weighted by Gasteiger charge is -2.66. The minimum atomic E-state index is -1.66. The molecule has 200 valence electrons. The zero-order chi connectivity index (χ0) is 27.6. The van der Waals surface area contributed by atoms with E-state index in [1.165, 1.54) is 0 Å². The van der Waals surface area contributed by atoms with Crippen molar-refractivity contribution in [3.8, 4) is 0 Å². The molecule has 1 rings (SSSR count). The van der Waals surface area contributed by atoms with Crippen molar-refractivity contribution in [2.24, 2.45) is 0 Å². The third kappa shape index (κ3) is 5.13. The Hall–Kier alpha value is 1.31. The van der Waals surface area contributed by atoms with E-state index < -0.39 is 48.4 Å². The smallest absolute Gasteiger partial charge is 0.441 e. The van der Waals surface area contributed by atoms with Crippen molar-refractivity contribution in [1.29, 1.82) is 0 Å². The summed E-state index contributed by atoms with van der Waals surface area (Å²) in [6, 6.07) is 0. The summed E-state index contributed by atoms with van der Waals surface area (Å²) in [6.45, 7) is 51.4. The number of nitrogens with zero attached hydrogens (tertiary/aromatic N) is 1. The van der Waals surface area contributed by atoms with E-state index in [9.17, 15) is 0 Å². The lowest BCUT2D eigenvalue weighted by molar-refractivity contribution is 0.123. The summed E-state index contributed by atoms with van der Waals surface area (Å²) in [4.78, 5) is 2.59. The average Bonchev–Trinajstić information content (AvgIpc) is 2.47. The zero-order valence-electron chi connectivity index (χ0n) is 26.8. The number of rotatable bonds is 9.